The number of esters is 1. The maximum Gasteiger partial charge on any atom is 0.302 e. The Morgan fingerprint density at radius 3 is 2.46 bits per heavy atom. The summed E-state index contributed by atoms with van der Waals surface area (Å²) in [5.74, 6) is 1.74. The van der Waals surface area contributed by atoms with Crippen LogP contribution in [0.5, 0.6) is 0 Å². The molecule has 3 fully saturated rings. The highest BCUT2D eigenvalue weighted by Gasteiger charge is 2.61. The minimum atomic E-state index is -0.160. The van der Waals surface area contributed by atoms with Crippen molar-refractivity contribution in [2.24, 2.45) is 34.0 Å². The minimum absolute atomic E-state index is 0.160. The van der Waals surface area contributed by atoms with Crippen LogP contribution in [0.25, 0.3) is 0 Å². The number of carbonyl (C=O) groups is 1. The zero-order chi connectivity index (χ0) is 17.8. The van der Waals surface area contributed by atoms with Crippen molar-refractivity contribution in [1.29, 1.82) is 0 Å². The van der Waals surface area contributed by atoms with Crippen LogP contribution in [-0.4, -0.2) is 12.6 Å². The third-order valence-corrected chi connectivity index (χ3v) is 8.34. The van der Waals surface area contributed by atoms with E-state index in [0.29, 0.717) is 23.4 Å². The van der Waals surface area contributed by atoms with E-state index in [9.17, 15) is 4.79 Å². The van der Waals surface area contributed by atoms with E-state index in [1.807, 2.05) is 0 Å². The molecule has 5 atom stereocenters. The van der Waals surface area contributed by atoms with Crippen LogP contribution in [0.2, 0.25) is 0 Å². The second-order valence-corrected chi connectivity index (χ2v) is 10.0. The quantitative estimate of drug-likeness (QED) is 0.474. The first-order chi connectivity index (χ1) is 11.1. The van der Waals surface area contributed by atoms with Gasteiger partial charge in [-0.05, 0) is 66.6 Å². The average Bonchev–Trinajstić information content (AvgIpc) is 2.44. The maximum atomic E-state index is 11.4. The first-order valence-corrected chi connectivity index (χ1v) is 9.92. The average molecular weight is 333 g/mol. The Kier molecular flexibility index (Phi) is 4.42. The summed E-state index contributed by atoms with van der Waals surface area (Å²) in [6.07, 6.45) is 9.06. The van der Waals surface area contributed by atoms with Gasteiger partial charge in [-0.3, -0.25) is 4.79 Å². The molecule has 3 aliphatic rings. The van der Waals surface area contributed by atoms with Gasteiger partial charge in [0.2, 0.25) is 0 Å². The van der Waals surface area contributed by atoms with Gasteiger partial charge in [0.1, 0.15) is 0 Å². The molecule has 0 aromatic heterocycles. The van der Waals surface area contributed by atoms with Crippen molar-refractivity contribution in [1.82, 2.24) is 0 Å². The van der Waals surface area contributed by atoms with Gasteiger partial charge in [-0.15, -0.1) is 0 Å². The Balaban J connectivity index is 1.93. The first kappa shape index (κ1) is 18.0. The SMILES string of the molecule is C=C1CC[C@H]2[C@@](C)(CC[C@H]3C(C)(C)CCC[C@]23C)[C@@H]1COC(C)=O. The molecule has 0 saturated heterocycles. The Hall–Kier alpha value is -0.790. The van der Waals surface area contributed by atoms with E-state index in [1.165, 1.54) is 51.0 Å². The standard InChI is InChI=1S/C22H36O2/c1-15-8-9-19-21(5,17(15)14-24-16(2)23)13-10-18-20(3,4)11-7-12-22(18,19)6/h17-19H,1,7-14H2,2-6H3/t17-,18+,19+,21+,22+/m1/s1. The van der Waals surface area contributed by atoms with Gasteiger partial charge in [-0.2, -0.15) is 0 Å². The molecule has 0 spiro atoms. The normalized spacial score (nSPS) is 44.4. The van der Waals surface area contributed by atoms with E-state index in [2.05, 4.69) is 34.3 Å². The van der Waals surface area contributed by atoms with Crippen LogP contribution in [-0.2, 0) is 9.53 Å². The van der Waals surface area contributed by atoms with Gasteiger partial charge in [0.25, 0.3) is 0 Å². The Morgan fingerprint density at radius 2 is 1.79 bits per heavy atom. The summed E-state index contributed by atoms with van der Waals surface area (Å²) < 4.78 is 5.48. The molecule has 0 unspecified atom stereocenters. The zero-order valence-electron chi connectivity index (χ0n) is 16.4. The number of ether oxygens (including phenoxy) is 1. The molecule has 24 heavy (non-hydrogen) atoms. The summed E-state index contributed by atoms with van der Waals surface area (Å²) in [5, 5.41) is 0. The van der Waals surface area contributed by atoms with Gasteiger partial charge in [0.15, 0.2) is 0 Å². The molecule has 3 rings (SSSR count). The van der Waals surface area contributed by atoms with Crippen LogP contribution in [0.3, 0.4) is 0 Å². The van der Waals surface area contributed by atoms with E-state index < -0.39 is 0 Å². The molecule has 0 aromatic rings. The summed E-state index contributed by atoms with van der Waals surface area (Å²) >= 11 is 0. The van der Waals surface area contributed by atoms with Crippen molar-refractivity contribution < 1.29 is 9.53 Å². The second kappa shape index (κ2) is 5.88. The van der Waals surface area contributed by atoms with Crippen molar-refractivity contribution in [3.8, 4) is 0 Å². The highest BCUT2D eigenvalue weighted by Crippen LogP contribution is 2.68. The largest absolute Gasteiger partial charge is 0.465 e. The lowest BCUT2D eigenvalue weighted by molar-refractivity contribution is -0.165. The highest BCUT2D eigenvalue weighted by molar-refractivity contribution is 5.65. The van der Waals surface area contributed by atoms with Crippen LogP contribution < -0.4 is 0 Å². The third kappa shape index (κ3) is 2.65. The number of fused-ring (bicyclic) bond motifs is 3. The summed E-state index contributed by atoms with van der Waals surface area (Å²) in [6.45, 7) is 16.5. The van der Waals surface area contributed by atoms with Gasteiger partial charge < -0.3 is 4.74 Å². The fourth-order valence-electron chi connectivity index (χ4n) is 7.24. The van der Waals surface area contributed by atoms with E-state index >= 15 is 0 Å². The molecule has 3 aliphatic carbocycles. The molecule has 0 heterocycles. The van der Waals surface area contributed by atoms with Gasteiger partial charge in [-0.25, -0.2) is 0 Å². The van der Waals surface area contributed by atoms with Gasteiger partial charge >= 0.3 is 5.97 Å². The third-order valence-electron chi connectivity index (χ3n) is 8.34. The Morgan fingerprint density at radius 1 is 1.08 bits per heavy atom. The Bertz CT molecular complexity index is 534. The molecular formula is C22H36O2. The van der Waals surface area contributed by atoms with E-state index in [-0.39, 0.29) is 11.4 Å². The van der Waals surface area contributed by atoms with Crippen LogP contribution in [0, 0.1) is 34.0 Å². The molecular weight excluding hydrogens is 296 g/mol. The van der Waals surface area contributed by atoms with Crippen molar-refractivity contribution in [3.05, 3.63) is 12.2 Å². The van der Waals surface area contributed by atoms with E-state index in [0.717, 1.165) is 18.3 Å². The zero-order valence-corrected chi connectivity index (χ0v) is 16.4. The van der Waals surface area contributed by atoms with Crippen molar-refractivity contribution in [2.75, 3.05) is 6.61 Å². The topological polar surface area (TPSA) is 26.3 Å². The first-order valence-electron chi connectivity index (χ1n) is 9.92. The molecule has 0 aromatic carbocycles. The van der Waals surface area contributed by atoms with Gasteiger partial charge in [0.05, 0.1) is 6.61 Å². The minimum Gasteiger partial charge on any atom is -0.465 e. The van der Waals surface area contributed by atoms with Gasteiger partial charge in [-0.1, -0.05) is 46.3 Å². The molecule has 136 valence electrons. The highest BCUT2D eigenvalue weighted by atomic mass is 16.5. The number of hydrogen-bond acceptors (Lipinski definition) is 2. The number of rotatable bonds is 2. The van der Waals surface area contributed by atoms with E-state index in [1.54, 1.807) is 0 Å². The van der Waals surface area contributed by atoms with Crippen molar-refractivity contribution in [3.63, 3.8) is 0 Å². The lowest BCUT2D eigenvalue weighted by atomic mass is 9.39. The van der Waals surface area contributed by atoms with Crippen LogP contribution in [0.1, 0.15) is 79.6 Å². The lowest BCUT2D eigenvalue weighted by Crippen LogP contribution is -2.58. The van der Waals surface area contributed by atoms with Crippen LogP contribution >= 0.6 is 0 Å². The molecule has 2 heteroatoms. The lowest BCUT2D eigenvalue weighted by Gasteiger charge is -2.65. The second-order valence-electron chi connectivity index (χ2n) is 10.0. The maximum absolute atomic E-state index is 11.4. The molecule has 0 radical (unpaired) electrons. The molecule has 3 saturated carbocycles. The molecule has 0 amide bonds. The van der Waals surface area contributed by atoms with Gasteiger partial charge in [0, 0.05) is 12.8 Å². The molecule has 0 N–H and O–H groups in total. The predicted octanol–water partition coefficient (Wildman–Crippen LogP) is 5.76. The number of hydrogen-bond donors (Lipinski definition) is 0. The summed E-state index contributed by atoms with van der Waals surface area (Å²) in [7, 11) is 0. The van der Waals surface area contributed by atoms with E-state index in [4.69, 9.17) is 4.74 Å². The fraction of sp³-hybridized carbons (Fsp3) is 0.864. The summed E-state index contributed by atoms with van der Waals surface area (Å²) in [4.78, 5) is 11.4. The molecule has 0 bridgehead atoms. The smallest absolute Gasteiger partial charge is 0.302 e. The predicted molar refractivity (Wildman–Crippen MR) is 98.6 cm³/mol. The van der Waals surface area contributed by atoms with Crippen LogP contribution in [0.15, 0.2) is 12.2 Å². The van der Waals surface area contributed by atoms with Crippen molar-refractivity contribution in [2.45, 2.75) is 79.6 Å². The molecule has 0 aliphatic heterocycles. The fourth-order valence-corrected chi connectivity index (χ4v) is 7.24. The Labute approximate surface area is 148 Å². The molecule has 2 nitrogen and oxygen atoms in total. The summed E-state index contributed by atoms with van der Waals surface area (Å²) in [6, 6.07) is 0. The number of carbonyl (C=O) groups excluding carboxylic acids is 1. The summed E-state index contributed by atoms with van der Waals surface area (Å²) in [5.41, 5.74) is 2.45. The monoisotopic (exact) mass is 332 g/mol. The van der Waals surface area contributed by atoms with Crippen LogP contribution in [0.4, 0.5) is 0 Å². The van der Waals surface area contributed by atoms with Crippen molar-refractivity contribution >= 4 is 5.97 Å².